The molecule has 1 aliphatic rings. The summed E-state index contributed by atoms with van der Waals surface area (Å²) in [6.45, 7) is 6.64. The Morgan fingerprint density at radius 2 is 2.14 bits per heavy atom. The molecule has 28 heavy (non-hydrogen) atoms. The second-order valence-corrected chi connectivity index (χ2v) is 7.38. The van der Waals surface area contributed by atoms with Crippen molar-refractivity contribution in [2.45, 2.75) is 45.9 Å². The molecule has 1 aromatic heterocycles. The average molecular weight is 401 g/mol. The number of hydrogen-bond acceptors (Lipinski definition) is 4. The van der Waals surface area contributed by atoms with Crippen molar-refractivity contribution in [2.24, 2.45) is 5.10 Å². The van der Waals surface area contributed by atoms with Crippen LogP contribution in [0.2, 0.25) is 0 Å². The lowest BCUT2D eigenvalue weighted by atomic mass is 10.2. The Hall–Kier alpha value is -2.38. The van der Waals surface area contributed by atoms with E-state index in [1.54, 1.807) is 7.11 Å². The van der Waals surface area contributed by atoms with Gasteiger partial charge in [0.25, 0.3) is 0 Å². The van der Waals surface area contributed by atoms with Gasteiger partial charge in [0.15, 0.2) is 5.11 Å². The van der Waals surface area contributed by atoms with Crippen LogP contribution in [-0.2, 0) is 17.8 Å². The monoisotopic (exact) mass is 400 g/mol. The minimum atomic E-state index is 0.322. The standard InChI is InChI=1S/C21H28N4O2S/c1-15-11-18(16(2)25(15)14-20-5-4-10-27-20)13-23-24-21(28)22-12-17-6-8-19(26-3)9-7-17/h6-9,11,13,20H,4-5,10,12,14H2,1-3H3,(H2,22,24,28)/b23-13-/t20-/m0/s1. The number of methoxy groups -OCH3 is 1. The van der Waals surface area contributed by atoms with E-state index < -0.39 is 0 Å². The molecule has 2 heterocycles. The normalized spacial score (nSPS) is 16.5. The van der Waals surface area contributed by atoms with Gasteiger partial charge in [-0.25, -0.2) is 0 Å². The largest absolute Gasteiger partial charge is 0.497 e. The molecule has 150 valence electrons. The highest BCUT2D eigenvalue weighted by molar-refractivity contribution is 7.80. The number of nitrogens with one attached hydrogen (secondary N) is 2. The zero-order valence-corrected chi connectivity index (χ0v) is 17.5. The van der Waals surface area contributed by atoms with E-state index in [-0.39, 0.29) is 0 Å². The van der Waals surface area contributed by atoms with Crippen LogP contribution in [0.15, 0.2) is 35.4 Å². The summed E-state index contributed by atoms with van der Waals surface area (Å²) in [6.07, 6.45) is 4.43. The molecule has 1 fully saturated rings. The first-order valence-corrected chi connectivity index (χ1v) is 9.96. The summed E-state index contributed by atoms with van der Waals surface area (Å²) < 4.78 is 13.2. The Morgan fingerprint density at radius 1 is 1.36 bits per heavy atom. The van der Waals surface area contributed by atoms with E-state index in [4.69, 9.17) is 21.7 Å². The zero-order valence-electron chi connectivity index (χ0n) is 16.7. The molecular weight excluding hydrogens is 372 g/mol. The smallest absolute Gasteiger partial charge is 0.187 e. The number of thiocarbonyl (C=S) groups is 1. The van der Waals surface area contributed by atoms with E-state index in [2.05, 4.69) is 40.3 Å². The molecule has 1 aromatic carbocycles. The number of aromatic nitrogens is 1. The second-order valence-electron chi connectivity index (χ2n) is 6.97. The number of hydrazone groups is 1. The summed E-state index contributed by atoms with van der Waals surface area (Å²) in [5.74, 6) is 0.839. The quantitative estimate of drug-likeness (QED) is 0.424. The minimum absolute atomic E-state index is 0.322. The van der Waals surface area contributed by atoms with Gasteiger partial charge in [-0.15, -0.1) is 0 Å². The molecule has 0 unspecified atom stereocenters. The van der Waals surface area contributed by atoms with E-state index in [9.17, 15) is 0 Å². The van der Waals surface area contributed by atoms with Crippen LogP contribution in [0.1, 0.15) is 35.4 Å². The Kier molecular flexibility index (Phi) is 7.06. The van der Waals surface area contributed by atoms with E-state index in [0.29, 0.717) is 17.8 Å². The van der Waals surface area contributed by atoms with Crippen LogP contribution in [-0.4, -0.2) is 35.7 Å². The Bertz CT molecular complexity index is 824. The molecule has 7 heteroatoms. The summed E-state index contributed by atoms with van der Waals surface area (Å²) in [4.78, 5) is 0. The highest BCUT2D eigenvalue weighted by atomic mass is 32.1. The van der Waals surface area contributed by atoms with Crippen molar-refractivity contribution in [3.63, 3.8) is 0 Å². The van der Waals surface area contributed by atoms with Crippen molar-refractivity contribution in [3.05, 3.63) is 52.8 Å². The lowest BCUT2D eigenvalue weighted by molar-refractivity contribution is 0.0962. The third kappa shape index (κ3) is 5.33. The van der Waals surface area contributed by atoms with Crippen LogP contribution in [0.25, 0.3) is 0 Å². The highest BCUT2D eigenvalue weighted by Gasteiger charge is 2.18. The first kappa shape index (κ1) is 20.4. The van der Waals surface area contributed by atoms with Gasteiger partial charge in [0.1, 0.15) is 5.75 Å². The van der Waals surface area contributed by atoms with Crippen molar-refractivity contribution in [1.29, 1.82) is 0 Å². The number of nitrogens with zero attached hydrogens (tertiary/aromatic N) is 2. The van der Waals surface area contributed by atoms with Crippen molar-refractivity contribution in [2.75, 3.05) is 13.7 Å². The molecule has 0 aliphatic carbocycles. The Labute approximate surface area is 171 Å². The summed E-state index contributed by atoms with van der Waals surface area (Å²) >= 11 is 5.29. The molecule has 6 nitrogen and oxygen atoms in total. The van der Waals surface area contributed by atoms with E-state index >= 15 is 0 Å². The summed E-state index contributed by atoms with van der Waals surface area (Å²) in [7, 11) is 1.66. The van der Waals surface area contributed by atoms with Gasteiger partial charge in [-0.2, -0.15) is 5.10 Å². The summed E-state index contributed by atoms with van der Waals surface area (Å²) in [5, 5.41) is 7.92. The van der Waals surface area contributed by atoms with Crippen LogP contribution in [0.4, 0.5) is 0 Å². The molecule has 1 aliphatic heterocycles. The third-order valence-corrected chi connectivity index (χ3v) is 5.24. The number of benzene rings is 1. The van der Waals surface area contributed by atoms with Crippen molar-refractivity contribution in [1.82, 2.24) is 15.3 Å². The molecule has 1 saturated heterocycles. The van der Waals surface area contributed by atoms with Gasteiger partial charge in [0.05, 0.1) is 19.4 Å². The molecule has 0 radical (unpaired) electrons. The fourth-order valence-electron chi connectivity index (χ4n) is 3.36. The fraction of sp³-hybridized carbons (Fsp3) is 0.429. The second kappa shape index (κ2) is 9.71. The van der Waals surface area contributed by atoms with Crippen LogP contribution in [0.3, 0.4) is 0 Å². The number of aryl methyl sites for hydroxylation is 1. The number of ether oxygens (including phenoxy) is 2. The van der Waals surface area contributed by atoms with Gasteiger partial charge in [-0.05, 0) is 62.7 Å². The molecular formula is C21H28N4O2S. The SMILES string of the molecule is COc1ccc(CNC(=S)N/N=C\c2cc(C)n(C[C@@H]3CCCO3)c2C)cc1. The lowest BCUT2D eigenvalue weighted by Gasteiger charge is -2.14. The highest BCUT2D eigenvalue weighted by Crippen LogP contribution is 2.19. The van der Waals surface area contributed by atoms with Crippen molar-refractivity contribution in [3.8, 4) is 5.75 Å². The van der Waals surface area contributed by atoms with E-state index in [1.807, 2.05) is 30.5 Å². The predicted octanol–water partition coefficient (Wildman–Crippen LogP) is 3.29. The summed E-state index contributed by atoms with van der Waals surface area (Å²) in [5.41, 5.74) is 7.49. The van der Waals surface area contributed by atoms with Gasteiger partial charge < -0.3 is 19.4 Å². The topological polar surface area (TPSA) is 59.8 Å². The van der Waals surface area contributed by atoms with E-state index in [1.165, 1.54) is 11.4 Å². The van der Waals surface area contributed by atoms with Gasteiger partial charge in [-0.3, -0.25) is 5.43 Å². The number of rotatable bonds is 7. The number of hydrogen-bond donors (Lipinski definition) is 2. The minimum Gasteiger partial charge on any atom is -0.497 e. The first-order valence-electron chi connectivity index (χ1n) is 9.55. The maximum atomic E-state index is 5.77. The summed E-state index contributed by atoms with van der Waals surface area (Å²) in [6, 6.07) is 10.0. The van der Waals surface area contributed by atoms with Gasteiger partial charge in [-0.1, -0.05) is 12.1 Å². The average Bonchev–Trinajstić information content (AvgIpc) is 3.31. The molecule has 0 spiro atoms. The molecule has 2 N–H and O–H groups in total. The van der Waals surface area contributed by atoms with E-state index in [0.717, 1.165) is 42.9 Å². The molecule has 0 bridgehead atoms. The van der Waals surface area contributed by atoms with Crippen molar-refractivity contribution >= 4 is 23.5 Å². The lowest BCUT2D eigenvalue weighted by Crippen LogP contribution is -2.31. The van der Waals surface area contributed by atoms with Gasteiger partial charge in [0.2, 0.25) is 0 Å². The fourth-order valence-corrected chi connectivity index (χ4v) is 3.48. The maximum absolute atomic E-state index is 5.77. The van der Waals surface area contributed by atoms with Crippen molar-refractivity contribution < 1.29 is 9.47 Å². The van der Waals surface area contributed by atoms with Gasteiger partial charge >= 0.3 is 0 Å². The molecule has 1 atom stereocenters. The van der Waals surface area contributed by atoms with Crippen LogP contribution >= 0.6 is 12.2 Å². The maximum Gasteiger partial charge on any atom is 0.187 e. The Balaban J connectivity index is 1.50. The molecule has 2 aromatic rings. The third-order valence-electron chi connectivity index (χ3n) is 5.00. The Morgan fingerprint density at radius 3 is 2.82 bits per heavy atom. The molecule has 0 saturated carbocycles. The molecule has 3 rings (SSSR count). The van der Waals surface area contributed by atoms with Crippen LogP contribution in [0, 0.1) is 13.8 Å². The zero-order chi connectivity index (χ0) is 19.9. The predicted molar refractivity (Wildman–Crippen MR) is 116 cm³/mol. The van der Waals surface area contributed by atoms with Crippen LogP contribution < -0.4 is 15.5 Å². The van der Waals surface area contributed by atoms with Crippen LogP contribution in [0.5, 0.6) is 5.75 Å². The molecule has 0 amide bonds. The first-order chi connectivity index (χ1) is 13.6. The van der Waals surface area contributed by atoms with Gasteiger partial charge in [0, 0.05) is 36.6 Å².